The molecule has 0 spiro atoms. The van der Waals surface area contributed by atoms with E-state index >= 15 is 0 Å². The van der Waals surface area contributed by atoms with Gasteiger partial charge in [0, 0.05) is 36.1 Å². The number of amides is 1. The number of hydrogen-bond donors (Lipinski definition) is 4. The second kappa shape index (κ2) is 9.69. The third-order valence-corrected chi connectivity index (χ3v) is 6.44. The number of carbonyl (C=O) groups is 1. The maximum absolute atomic E-state index is 11.8. The van der Waals surface area contributed by atoms with Gasteiger partial charge >= 0.3 is 11.8 Å². The molecule has 1 fully saturated rings. The summed E-state index contributed by atoms with van der Waals surface area (Å²) in [6.07, 6.45) is 3.27. The number of H-pyrrole nitrogens is 1. The van der Waals surface area contributed by atoms with Crippen LogP contribution in [-0.2, 0) is 0 Å². The maximum atomic E-state index is 11.8. The van der Waals surface area contributed by atoms with E-state index in [2.05, 4.69) is 35.5 Å². The van der Waals surface area contributed by atoms with Crippen molar-refractivity contribution in [2.75, 3.05) is 28.6 Å². The van der Waals surface area contributed by atoms with Crippen LogP contribution in [0, 0.1) is 6.92 Å². The number of aromatic nitrogens is 4. The summed E-state index contributed by atoms with van der Waals surface area (Å²) in [4.78, 5) is 43.1. The Morgan fingerprint density at radius 1 is 1.16 bits per heavy atom. The predicted molar refractivity (Wildman–Crippen MR) is 145 cm³/mol. The Bertz CT molecular complexity index is 1520. The number of nitrogens with zero attached hydrogens (tertiary/aromatic N) is 5. The van der Waals surface area contributed by atoms with Gasteiger partial charge in [0.25, 0.3) is 0 Å². The SMILES string of the molecule is Cc1cnc(Nc2ccc(N3CCC(N(C(=O)O)C(C)(C)C)C3)nc2)nc1Nc1ccc2oc(=O)[nH]c2c1. The molecule has 12 heteroatoms. The maximum Gasteiger partial charge on any atom is 0.417 e. The molecule has 5 rings (SSSR count). The van der Waals surface area contributed by atoms with E-state index in [1.54, 1.807) is 30.6 Å². The first-order chi connectivity index (χ1) is 18.1. The smallest absolute Gasteiger partial charge is 0.417 e. The molecule has 198 valence electrons. The number of pyridine rings is 1. The largest absolute Gasteiger partial charge is 0.465 e. The van der Waals surface area contributed by atoms with Gasteiger partial charge in [0.05, 0.1) is 23.4 Å². The molecule has 0 bridgehead atoms. The number of aryl methyl sites for hydroxylation is 1. The number of benzene rings is 1. The van der Waals surface area contributed by atoms with Crippen molar-refractivity contribution in [2.24, 2.45) is 0 Å². The molecule has 1 atom stereocenters. The third kappa shape index (κ3) is 5.24. The van der Waals surface area contributed by atoms with Crippen LogP contribution in [0.25, 0.3) is 11.1 Å². The second-order valence-electron chi connectivity index (χ2n) is 10.3. The third-order valence-electron chi connectivity index (χ3n) is 6.44. The Morgan fingerprint density at radius 2 is 1.95 bits per heavy atom. The number of hydrogen-bond acceptors (Lipinski definition) is 9. The van der Waals surface area contributed by atoms with Crippen LogP contribution < -0.4 is 21.3 Å². The van der Waals surface area contributed by atoms with Gasteiger partial charge in [-0.2, -0.15) is 4.98 Å². The van der Waals surface area contributed by atoms with Crippen LogP contribution in [0.1, 0.15) is 32.8 Å². The van der Waals surface area contributed by atoms with Crippen LogP contribution in [0.3, 0.4) is 0 Å². The zero-order valence-electron chi connectivity index (χ0n) is 21.6. The summed E-state index contributed by atoms with van der Waals surface area (Å²) in [6, 6.07) is 9.00. The molecule has 38 heavy (non-hydrogen) atoms. The molecule has 1 saturated heterocycles. The van der Waals surface area contributed by atoms with Crippen molar-refractivity contribution in [2.45, 2.75) is 45.7 Å². The number of nitrogens with one attached hydrogen (secondary N) is 3. The Kier molecular flexibility index (Phi) is 6.39. The molecule has 1 aliphatic rings. The lowest BCUT2D eigenvalue weighted by molar-refractivity contribution is 0.0763. The fraction of sp³-hybridized carbons (Fsp3) is 0.346. The quantitative estimate of drug-likeness (QED) is 0.288. The molecule has 4 heterocycles. The van der Waals surface area contributed by atoms with Gasteiger partial charge in [-0.15, -0.1) is 0 Å². The van der Waals surface area contributed by atoms with Gasteiger partial charge in [0.2, 0.25) is 5.95 Å². The first kappa shape index (κ1) is 25.1. The monoisotopic (exact) mass is 518 g/mol. The number of aromatic amines is 1. The van der Waals surface area contributed by atoms with Crippen molar-refractivity contribution < 1.29 is 14.3 Å². The van der Waals surface area contributed by atoms with Crippen LogP contribution in [0.2, 0.25) is 0 Å². The lowest BCUT2D eigenvalue weighted by Crippen LogP contribution is -2.52. The predicted octanol–water partition coefficient (Wildman–Crippen LogP) is 4.46. The van der Waals surface area contributed by atoms with Gasteiger partial charge < -0.3 is 25.1 Å². The van der Waals surface area contributed by atoms with Gasteiger partial charge in [0.15, 0.2) is 5.58 Å². The molecule has 1 amide bonds. The van der Waals surface area contributed by atoms with Crippen molar-refractivity contribution in [1.82, 2.24) is 24.8 Å². The zero-order chi connectivity index (χ0) is 27.0. The lowest BCUT2D eigenvalue weighted by Gasteiger charge is -2.37. The van der Waals surface area contributed by atoms with E-state index in [4.69, 9.17) is 4.42 Å². The molecule has 3 aromatic heterocycles. The molecular formula is C26H30N8O4. The molecule has 4 aromatic rings. The molecular weight excluding hydrogens is 488 g/mol. The van der Waals surface area contributed by atoms with Gasteiger partial charge in [-0.05, 0) is 64.4 Å². The number of carboxylic acid groups (broad SMARTS) is 1. The molecule has 1 aliphatic heterocycles. The van der Waals surface area contributed by atoms with Crippen LogP contribution in [0.5, 0.6) is 0 Å². The van der Waals surface area contributed by atoms with Crippen molar-refractivity contribution in [1.29, 1.82) is 0 Å². The topological polar surface area (TPSA) is 153 Å². The summed E-state index contributed by atoms with van der Waals surface area (Å²) in [5.41, 5.74) is 2.91. The fourth-order valence-electron chi connectivity index (χ4n) is 4.72. The summed E-state index contributed by atoms with van der Waals surface area (Å²) >= 11 is 0. The highest BCUT2D eigenvalue weighted by Crippen LogP contribution is 2.28. The van der Waals surface area contributed by atoms with E-state index in [9.17, 15) is 14.7 Å². The first-order valence-electron chi connectivity index (χ1n) is 12.3. The number of anilines is 5. The van der Waals surface area contributed by atoms with E-state index in [0.717, 1.165) is 35.7 Å². The van der Waals surface area contributed by atoms with Crippen LogP contribution in [-0.4, -0.2) is 60.7 Å². The Labute approximate surface area is 218 Å². The molecule has 0 radical (unpaired) electrons. The van der Waals surface area contributed by atoms with E-state index in [-0.39, 0.29) is 6.04 Å². The van der Waals surface area contributed by atoms with Crippen LogP contribution in [0.15, 0.2) is 51.9 Å². The van der Waals surface area contributed by atoms with E-state index in [1.165, 1.54) is 4.90 Å². The van der Waals surface area contributed by atoms with Crippen molar-refractivity contribution >= 4 is 46.2 Å². The molecule has 4 N–H and O–H groups in total. The second-order valence-corrected chi connectivity index (χ2v) is 10.3. The first-order valence-corrected chi connectivity index (χ1v) is 12.3. The molecule has 0 aliphatic carbocycles. The number of rotatable bonds is 6. The lowest BCUT2D eigenvalue weighted by atomic mass is 10.0. The average Bonchev–Trinajstić information content (AvgIpc) is 3.46. The van der Waals surface area contributed by atoms with E-state index in [1.807, 2.05) is 39.8 Å². The molecule has 0 saturated carbocycles. The number of oxazole rings is 1. The summed E-state index contributed by atoms with van der Waals surface area (Å²) in [5, 5.41) is 16.1. The van der Waals surface area contributed by atoms with Crippen LogP contribution >= 0.6 is 0 Å². The molecule has 1 aromatic carbocycles. The fourth-order valence-corrected chi connectivity index (χ4v) is 4.72. The highest BCUT2D eigenvalue weighted by atomic mass is 16.4. The van der Waals surface area contributed by atoms with Gasteiger partial charge in [-0.1, -0.05) is 0 Å². The highest BCUT2D eigenvalue weighted by Gasteiger charge is 2.37. The summed E-state index contributed by atoms with van der Waals surface area (Å²) < 4.78 is 5.05. The zero-order valence-corrected chi connectivity index (χ0v) is 21.6. The van der Waals surface area contributed by atoms with E-state index in [0.29, 0.717) is 29.4 Å². The minimum absolute atomic E-state index is 0.0894. The van der Waals surface area contributed by atoms with Crippen molar-refractivity contribution in [3.8, 4) is 0 Å². The number of fused-ring (bicyclic) bond motifs is 1. The minimum Gasteiger partial charge on any atom is -0.465 e. The standard InChI is InChI=1S/C26H30N8O4/c1-15-12-28-23(32-22(15)29-16-5-7-20-19(11-16)31-24(35)38-20)30-17-6-8-21(27-13-17)33-10-9-18(14-33)34(25(36)37)26(2,3)4/h5-8,11-13,18H,9-10,14H2,1-4H3,(H,31,35)(H,36,37)(H2,28,29,30,32). The minimum atomic E-state index is -0.902. The Balaban J connectivity index is 1.26. The Hall–Kier alpha value is -4.61. The summed E-state index contributed by atoms with van der Waals surface area (Å²) in [6.45, 7) is 8.97. The summed E-state index contributed by atoms with van der Waals surface area (Å²) in [5.74, 6) is 1.30. The normalized spacial score (nSPS) is 15.6. The van der Waals surface area contributed by atoms with Gasteiger partial charge in [0.1, 0.15) is 11.6 Å². The summed E-state index contributed by atoms with van der Waals surface area (Å²) in [7, 11) is 0. The molecule has 12 nitrogen and oxygen atoms in total. The van der Waals surface area contributed by atoms with Crippen LogP contribution in [0.4, 0.5) is 33.8 Å². The van der Waals surface area contributed by atoms with Gasteiger partial charge in [-0.25, -0.2) is 19.6 Å². The van der Waals surface area contributed by atoms with Gasteiger partial charge in [-0.3, -0.25) is 9.88 Å². The highest BCUT2D eigenvalue weighted by molar-refractivity contribution is 5.78. The average molecular weight is 519 g/mol. The van der Waals surface area contributed by atoms with E-state index < -0.39 is 17.4 Å². The van der Waals surface area contributed by atoms with Crippen molar-refractivity contribution in [3.63, 3.8) is 0 Å². The Morgan fingerprint density at radius 3 is 2.66 bits per heavy atom. The molecule has 1 unspecified atom stereocenters. The van der Waals surface area contributed by atoms with Crippen molar-refractivity contribution in [3.05, 3.63) is 58.8 Å².